The van der Waals surface area contributed by atoms with Crippen molar-refractivity contribution in [1.82, 2.24) is 4.90 Å². The van der Waals surface area contributed by atoms with E-state index in [2.05, 4.69) is 4.90 Å². The Bertz CT molecular complexity index is 82.5. The molecule has 0 unspecified atom stereocenters. The van der Waals surface area contributed by atoms with Gasteiger partial charge in [0.05, 0.1) is 25.9 Å². The normalized spacial score (nSPS) is 11.5. The Hall–Kier alpha value is -0.120. The van der Waals surface area contributed by atoms with Gasteiger partial charge in [-0.25, -0.2) is 0 Å². The quantitative estimate of drug-likeness (QED) is 0.539. The third-order valence-electron chi connectivity index (χ3n) is 1.36. The molecule has 0 aromatic rings. The summed E-state index contributed by atoms with van der Waals surface area (Å²) in [5, 5.41) is 0. The van der Waals surface area contributed by atoms with E-state index in [4.69, 9.17) is 9.47 Å². The average molecular weight is 175 g/mol. The van der Waals surface area contributed by atoms with Gasteiger partial charge in [0.15, 0.2) is 0 Å². The molecule has 3 nitrogen and oxygen atoms in total. The first-order valence-electron chi connectivity index (χ1n) is 4.47. The lowest BCUT2D eigenvalue weighted by molar-refractivity contribution is 0.0165. The lowest BCUT2D eigenvalue weighted by Gasteiger charge is -2.10. The third-order valence-corrected chi connectivity index (χ3v) is 1.36. The fraction of sp³-hybridized carbons (Fsp3) is 1.00. The third kappa shape index (κ3) is 9.88. The first-order chi connectivity index (χ1) is 5.63. The molecule has 0 aromatic heterocycles. The molecule has 0 atom stereocenters. The van der Waals surface area contributed by atoms with Gasteiger partial charge in [0.1, 0.15) is 0 Å². The number of rotatable bonds is 7. The molecule has 0 spiro atoms. The summed E-state index contributed by atoms with van der Waals surface area (Å²) in [6, 6.07) is 0. The second-order valence-electron chi connectivity index (χ2n) is 3.34. The number of hydrogen-bond donors (Lipinski definition) is 0. The van der Waals surface area contributed by atoms with Crippen LogP contribution in [-0.4, -0.2) is 51.5 Å². The van der Waals surface area contributed by atoms with E-state index >= 15 is 0 Å². The molecule has 0 radical (unpaired) electrons. The van der Waals surface area contributed by atoms with E-state index in [9.17, 15) is 0 Å². The van der Waals surface area contributed by atoms with Crippen LogP contribution >= 0.6 is 0 Å². The summed E-state index contributed by atoms with van der Waals surface area (Å²) >= 11 is 0. The average Bonchev–Trinajstić information content (AvgIpc) is 1.95. The van der Waals surface area contributed by atoms with Crippen LogP contribution in [0.1, 0.15) is 13.8 Å². The molecular weight excluding hydrogens is 154 g/mol. The highest BCUT2D eigenvalue weighted by Crippen LogP contribution is 1.87. The van der Waals surface area contributed by atoms with Gasteiger partial charge in [0, 0.05) is 6.54 Å². The zero-order valence-electron chi connectivity index (χ0n) is 8.67. The lowest BCUT2D eigenvalue weighted by Crippen LogP contribution is -2.19. The van der Waals surface area contributed by atoms with Crippen LogP contribution in [0.15, 0.2) is 0 Å². The van der Waals surface area contributed by atoms with Crippen LogP contribution in [0.2, 0.25) is 0 Å². The van der Waals surface area contributed by atoms with Crippen molar-refractivity contribution >= 4 is 0 Å². The van der Waals surface area contributed by atoms with Crippen LogP contribution in [0.5, 0.6) is 0 Å². The van der Waals surface area contributed by atoms with E-state index in [0.717, 1.165) is 13.2 Å². The molecule has 0 saturated heterocycles. The first kappa shape index (κ1) is 11.9. The lowest BCUT2D eigenvalue weighted by atomic mass is 10.5. The van der Waals surface area contributed by atoms with Crippen molar-refractivity contribution in [3.05, 3.63) is 0 Å². The Morgan fingerprint density at radius 2 is 1.75 bits per heavy atom. The second-order valence-corrected chi connectivity index (χ2v) is 3.34. The van der Waals surface area contributed by atoms with Crippen molar-refractivity contribution in [2.45, 2.75) is 20.0 Å². The topological polar surface area (TPSA) is 21.7 Å². The van der Waals surface area contributed by atoms with E-state index in [-0.39, 0.29) is 0 Å². The summed E-state index contributed by atoms with van der Waals surface area (Å²) in [6.07, 6.45) is 0.308. The van der Waals surface area contributed by atoms with Crippen molar-refractivity contribution in [2.75, 3.05) is 40.5 Å². The van der Waals surface area contributed by atoms with Gasteiger partial charge in [-0.1, -0.05) is 0 Å². The first-order valence-corrected chi connectivity index (χ1v) is 4.47. The molecule has 0 saturated carbocycles. The van der Waals surface area contributed by atoms with Gasteiger partial charge in [0.25, 0.3) is 0 Å². The van der Waals surface area contributed by atoms with E-state index in [1.807, 2.05) is 27.9 Å². The smallest absolute Gasteiger partial charge is 0.0703 e. The molecule has 0 N–H and O–H groups in total. The Kier molecular flexibility index (Phi) is 7.45. The van der Waals surface area contributed by atoms with Gasteiger partial charge in [-0.15, -0.1) is 0 Å². The summed E-state index contributed by atoms with van der Waals surface area (Å²) < 4.78 is 10.6. The molecule has 0 aromatic carbocycles. The summed E-state index contributed by atoms with van der Waals surface area (Å²) in [6.45, 7) is 7.22. The summed E-state index contributed by atoms with van der Waals surface area (Å²) in [4.78, 5) is 2.10. The number of ether oxygens (including phenoxy) is 2. The minimum atomic E-state index is 0.308. The van der Waals surface area contributed by atoms with Crippen LogP contribution in [0, 0.1) is 0 Å². The van der Waals surface area contributed by atoms with Crippen LogP contribution in [0.25, 0.3) is 0 Å². The van der Waals surface area contributed by atoms with Gasteiger partial charge in [-0.05, 0) is 27.9 Å². The molecule has 3 heteroatoms. The molecule has 74 valence electrons. The van der Waals surface area contributed by atoms with Gasteiger partial charge in [0.2, 0.25) is 0 Å². The van der Waals surface area contributed by atoms with Crippen LogP contribution in [-0.2, 0) is 9.47 Å². The number of likely N-dealkylation sites (N-methyl/N-ethyl adjacent to an activating group) is 1. The highest BCUT2D eigenvalue weighted by atomic mass is 16.5. The van der Waals surface area contributed by atoms with Crippen molar-refractivity contribution < 1.29 is 9.47 Å². The fourth-order valence-electron chi connectivity index (χ4n) is 0.692. The maximum Gasteiger partial charge on any atom is 0.0703 e. The summed E-state index contributed by atoms with van der Waals surface area (Å²) in [5.74, 6) is 0. The van der Waals surface area contributed by atoms with E-state index in [1.54, 1.807) is 0 Å². The Labute approximate surface area is 75.6 Å². The van der Waals surface area contributed by atoms with Crippen molar-refractivity contribution in [3.8, 4) is 0 Å². The molecule has 0 amide bonds. The molecule has 0 fully saturated rings. The van der Waals surface area contributed by atoms with Crippen molar-refractivity contribution in [1.29, 1.82) is 0 Å². The van der Waals surface area contributed by atoms with Gasteiger partial charge in [-0.3, -0.25) is 0 Å². The van der Waals surface area contributed by atoms with Gasteiger partial charge < -0.3 is 14.4 Å². The molecule has 0 aliphatic rings. The van der Waals surface area contributed by atoms with Gasteiger partial charge >= 0.3 is 0 Å². The molecular formula is C9H21NO2. The highest BCUT2D eigenvalue weighted by molar-refractivity contribution is 4.41. The largest absolute Gasteiger partial charge is 0.378 e. The molecule has 0 heterocycles. The zero-order valence-corrected chi connectivity index (χ0v) is 8.67. The molecule has 0 aliphatic carbocycles. The van der Waals surface area contributed by atoms with E-state index in [1.165, 1.54) is 0 Å². The van der Waals surface area contributed by atoms with Crippen LogP contribution < -0.4 is 0 Å². The Balaban J connectivity index is 2.91. The monoisotopic (exact) mass is 175 g/mol. The highest BCUT2D eigenvalue weighted by Gasteiger charge is 1.93. The summed E-state index contributed by atoms with van der Waals surface area (Å²) in [7, 11) is 4.07. The SMILES string of the molecule is CC(C)OCCOCCN(C)C. The van der Waals surface area contributed by atoms with E-state index in [0.29, 0.717) is 19.3 Å². The molecule has 0 rings (SSSR count). The minimum Gasteiger partial charge on any atom is -0.378 e. The predicted molar refractivity (Wildman–Crippen MR) is 50.5 cm³/mol. The maximum atomic E-state index is 5.33. The van der Waals surface area contributed by atoms with Gasteiger partial charge in [-0.2, -0.15) is 0 Å². The van der Waals surface area contributed by atoms with Crippen LogP contribution in [0.3, 0.4) is 0 Å². The maximum absolute atomic E-state index is 5.33. The Morgan fingerprint density at radius 1 is 1.08 bits per heavy atom. The summed E-state index contributed by atoms with van der Waals surface area (Å²) in [5.41, 5.74) is 0. The predicted octanol–water partition coefficient (Wildman–Crippen LogP) is 0.990. The van der Waals surface area contributed by atoms with Crippen LogP contribution in [0.4, 0.5) is 0 Å². The van der Waals surface area contributed by atoms with E-state index < -0.39 is 0 Å². The van der Waals surface area contributed by atoms with Crippen molar-refractivity contribution in [2.24, 2.45) is 0 Å². The molecule has 0 bridgehead atoms. The van der Waals surface area contributed by atoms with Crippen molar-refractivity contribution in [3.63, 3.8) is 0 Å². The Morgan fingerprint density at radius 3 is 2.25 bits per heavy atom. The standard InChI is InChI=1S/C9H21NO2/c1-9(2)12-8-7-11-6-5-10(3)4/h9H,5-8H2,1-4H3. The molecule has 12 heavy (non-hydrogen) atoms. The minimum absolute atomic E-state index is 0.308. The number of hydrogen-bond acceptors (Lipinski definition) is 3. The molecule has 0 aliphatic heterocycles. The fourth-order valence-corrected chi connectivity index (χ4v) is 0.692. The number of nitrogens with zero attached hydrogens (tertiary/aromatic N) is 1. The second kappa shape index (κ2) is 7.53. The zero-order chi connectivity index (χ0) is 9.40.